The van der Waals surface area contributed by atoms with E-state index in [4.69, 9.17) is 9.90 Å². The van der Waals surface area contributed by atoms with E-state index >= 15 is 0 Å². The van der Waals surface area contributed by atoms with Crippen LogP contribution in [0.25, 0.3) is 0 Å². The van der Waals surface area contributed by atoms with Crippen LogP contribution < -0.4 is 0 Å². The van der Waals surface area contributed by atoms with Gasteiger partial charge in [0.05, 0.1) is 0 Å². The average Bonchev–Trinajstić information content (AvgIpc) is 0.918. The van der Waals surface area contributed by atoms with Gasteiger partial charge in [-0.25, -0.2) is 0 Å². The van der Waals surface area contributed by atoms with Crippen molar-refractivity contribution in [3.8, 4) is 0 Å². The van der Waals surface area contributed by atoms with Crippen LogP contribution in [0, 0.1) is 0 Å². The van der Waals surface area contributed by atoms with E-state index in [1.54, 1.807) is 0 Å². The van der Waals surface area contributed by atoms with Gasteiger partial charge < -0.3 is 9.90 Å². The molecule has 0 spiro atoms. The summed E-state index contributed by atoms with van der Waals surface area (Å²) in [5.41, 5.74) is 0. The second-order valence-electron chi connectivity index (χ2n) is 0.0913. The Labute approximate surface area is 62.9 Å². The third kappa shape index (κ3) is 44.2. The van der Waals surface area contributed by atoms with Crippen molar-refractivity contribution in [3.05, 3.63) is 0 Å². The van der Waals surface area contributed by atoms with E-state index < -0.39 is 0 Å². The summed E-state index contributed by atoms with van der Waals surface area (Å²) < 4.78 is 0. The van der Waals surface area contributed by atoms with Crippen LogP contribution in [-0.4, -0.2) is 38.9 Å². The summed E-state index contributed by atoms with van der Waals surface area (Å²) in [4.78, 5) is 8.24. The third-order valence-electron chi connectivity index (χ3n) is 0. The second kappa shape index (κ2) is 19.9. The van der Waals surface area contributed by atoms with E-state index in [-0.39, 0.29) is 46.8 Å². The fraction of sp³-hybridized carbons (Fsp3) is 0. The minimum absolute atomic E-state index is 0. The molecule has 0 saturated heterocycles. The van der Waals surface area contributed by atoms with Gasteiger partial charge in [0, 0.05) is 19.5 Å². The molecule has 0 unspecified atom stereocenters. The molecular weight excluding hydrogens is 317 g/mol. The SMILES string of the molecule is O=[C-]O.[PbH2].[Zn]. The fourth-order valence-corrected chi connectivity index (χ4v) is 0. The minimum atomic E-state index is 0. The maximum atomic E-state index is 8.24. The van der Waals surface area contributed by atoms with Crippen LogP contribution in [0.5, 0.6) is 0 Å². The molecule has 0 aliphatic rings. The largest absolute Gasteiger partial charge is 0 e. The summed E-state index contributed by atoms with van der Waals surface area (Å²) in [5, 5.41) is 6.76. The van der Waals surface area contributed by atoms with Crippen molar-refractivity contribution in [2.24, 2.45) is 0 Å². The van der Waals surface area contributed by atoms with Crippen molar-refractivity contribution in [2.45, 2.75) is 0 Å². The van der Waals surface area contributed by atoms with Gasteiger partial charge in [-0.3, -0.25) is 0 Å². The van der Waals surface area contributed by atoms with Crippen molar-refractivity contribution < 1.29 is 29.4 Å². The Morgan fingerprint density at radius 2 is 1.60 bits per heavy atom. The van der Waals surface area contributed by atoms with Crippen LogP contribution in [0.2, 0.25) is 0 Å². The Balaban J connectivity index is -0.0000000200. The quantitative estimate of drug-likeness (QED) is 0.445. The Bertz CT molecular complexity index is 17.1. The first kappa shape index (κ1) is 16.6. The number of hydrogen-bond acceptors (Lipinski definition) is 1. The standard InChI is InChI=1S/CHO2.Pb.Zn.2H/c2-1-3;;;;/h(H,2,3);;;;/q-1;;;;. The molecule has 5 heavy (non-hydrogen) atoms. The molecule has 1 N–H and O–H groups in total. The van der Waals surface area contributed by atoms with Crippen molar-refractivity contribution >= 4 is 33.8 Å². The zero-order valence-electron chi connectivity index (χ0n) is 2.77. The summed E-state index contributed by atoms with van der Waals surface area (Å²) in [6.07, 6.45) is 0. The first-order valence-corrected chi connectivity index (χ1v) is 0.428. The van der Waals surface area contributed by atoms with E-state index in [1.165, 1.54) is 0 Å². The molecule has 0 aromatic carbocycles. The van der Waals surface area contributed by atoms with E-state index in [9.17, 15) is 0 Å². The van der Waals surface area contributed by atoms with Gasteiger partial charge in [-0.2, -0.15) is 0 Å². The molecule has 0 saturated carbocycles. The van der Waals surface area contributed by atoms with Crippen molar-refractivity contribution in [1.29, 1.82) is 0 Å². The Hall–Kier alpha value is 1.02. The summed E-state index contributed by atoms with van der Waals surface area (Å²) >= 11 is 0. The molecule has 4 heteroatoms. The molecule has 0 fully saturated rings. The van der Waals surface area contributed by atoms with Crippen molar-refractivity contribution in [2.75, 3.05) is 0 Å². The summed E-state index contributed by atoms with van der Waals surface area (Å²) in [5.74, 6) is 0. The van der Waals surface area contributed by atoms with Crippen molar-refractivity contribution in [1.82, 2.24) is 0 Å². The number of rotatable bonds is 0. The van der Waals surface area contributed by atoms with Crippen LogP contribution in [-0.2, 0) is 24.3 Å². The molecule has 0 amide bonds. The fourth-order valence-electron chi connectivity index (χ4n) is 0. The second-order valence-corrected chi connectivity index (χ2v) is 0.0913. The first-order chi connectivity index (χ1) is 1.41. The maximum Gasteiger partial charge on any atom is 0 e. The molecule has 0 aromatic rings. The Morgan fingerprint density at radius 1 is 1.60 bits per heavy atom. The Morgan fingerprint density at radius 3 is 1.60 bits per heavy atom. The Kier molecular flexibility index (Phi) is 66.3. The minimum Gasteiger partial charge on any atom is 0 e. The zero-order chi connectivity index (χ0) is 2.71. The summed E-state index contributed by atoms with van der Waals surface area (Å²) in [6.45, 7) is 0.500. The van der Waals surface area contributed by atoms with E-state index in [1.807, 2.05) is 0 Å². The molecule has 0 heterocycles. The van der Waals surface area contributed by atoms with Gasteiger partial charge in [0.15, 0.2) is 0 Å². The molecule has 0 atom stereocenters. The van der Waals surface area contributed by atoms with E-state index in [0.29, 0.717) is 6.47 Å². The average molecular weight is 320 g/mol. The van der Waals surface area contributed by atoms with Crippen LogP contribution in [0.15, 0.2) is 0 Å². The first-order valence-electron chi connectivity index (χ1n) is 0.428. The molecular formula is CH3O2PbZn-. The number of aliphatic hydroxyl groups excluding tert-OH is 1. The van der Waals surface area contributed by atoms with Crippen LogP contribution in [0.4, 0.5) is 0 Å². The van der Waals surface area contributed by atoms with E-state index in [2.05, 4.69) is 0 Å². The molecule has 0 aliphatic carbocycles. The molecule has 0 aliphatic heterocycles. The van der Waals surface area contributed by atoms with Gasteiger partial charge in [0.1, 0.15) is 0 Å². The van der Waals surface area contributed by atoms with Crippen LogP contribution in [0.3, 0.4) is 0 Å². The zero-order valence-corrected chi connectivity index (χ0v) is 11.2. The van der Waals surface area contributed by atoms with Crippen molar-refractivity contribution in [3.63, 3.8) is 0 Å². The van der Waals surface area contributed by atoms with Gasteiger partial charge in [0.2, 0.25) is 0 Å². The van der Waals surface area contributed by atoms with Gasteiger partial charge >= 0.3 is 27.3 Å². The third-order valence-corrected chi connectivity index (χ3v) is 0. The van der Waals surface area contributed by atoms with Crippen LogP contribution >= 0.6 is 0 Å². The molecule has 2 nitrogen and oxygen atoms in total. The number of hydrogen-bond donors (Lipinski definition) is 1. The van der Waals surface area contributed by atoms with Crippen LogP contribution in [0.1, 0.15) is 0 Å². The molecule has 0 bridgehead atoms. The van der Waals surface area contributed by atoms with Gasteiger partial charge in [0.25, 0.3) is 0 Å². The summed E-state index contributed by atoms with van der Waals surface area (Å²) in [6, 6.07) is 0. The topological polar surface area (TPSA) is 37.3 Å². The normalized spacial score (nSPS) is 2.40. The molecule has 26 valence electrons. The van der Waals surface area contributed by atoms with E-state index in [0.717, 1.165) is 0 Å². The van der Waals surface area contributed by atoms with Gasteiger partial charge in [-0.05, 0) is 0 Å². The predicted molar refractivity (Wildman–Crippen MR) is 16.9 cm³/mol. The maximum absolute atomic E-state index is 8.24. The molecule has 0 rings (SSSR count). The van der Waals surface area contributed by atoms with Gasteiger partial charge in [-0.15, -0.1) is 0 Å². The molecule has 0 aromatic heterocycles. The van der Waals surface area contributed by atoms with Gasteiger partial charge in [-0.1, -0.05) is 6.47 Å². The smallest absolute Gasteiger partial charge is 0 e. The predicted octanol–water partition coefficient (Wildman–Crippen LogP) is -1.31. The molecule has 2 radical (unpaired) electrons. The monoisotopic (exact) mass is 319 g/mol. The summed E-state index contributed by atoms with van der Waals surface area (Å²) in [7, 11) is 0.